The Balaban J connectivity index is 2.29. The van der Waals surface area contributed by atoms with E-state index in [1.807, 2.05) is 0 Å². The van der Waals surface area contributed by atoms with Crippen LogP contribution in [-0.2, 0) is 6.54 Å². The van der Waals surface area contributed by atoms with Crippen molar-refractivity contribution in [3.63, 3.8) is 0 Å². The molecule has 16 heavy (non-hydrogen) atoms. The lowest BCUT2D eigenvalue weighted by molar-refractivity contribution is 0.500. The molecule has 1 heterocycles. The SMILES string of the molecule is CCCNCC(C)NCc1c[nH]ccc1=O. The topological polar surface area (TPSA) is 56.9 Å². The Labute approximate surface area is 96.5 Å². The van der Waals surface area contributed by atoms with Gasteiger partial charge in [0, 0.05) is 43.2 Å². The van der Waals surface area contributed by atoms with Crippen LogP contribution in [0.1, 0.15) is 25.8 Å². The third-order valence-electron chi connectivity index (χ3n) is 2.42. The van der Waals surface area contributed by atoms with Gasteiger partial charge in [0.15, 0.2) is 5.43 Å². The molecule has 1 aromatic rings. The van der Waals surface area contributed by atoms with Gasteiger partial charge >= 0.3 is 0 Å². The molecule has 0 aliphatic rings. The molecule has 4 heteroatoms. The van der Waals surface area contributed by atoms with Gasteiger partial charge in [0.05, 0.1) is 0 Å². The van der Waals surface area contributed by atoms with E-state index in [0.717, 1.165) is 25.1 Å². The zero-order valence-corrected chi connectivity index (χ0v) is 10.0. The van der Waals surface area contributed by atoms with Crippen LogP contribution in [0.4, 0.5) is 0 Å². The van der Waals surface area contributed by atoms with Gasteiger partial charge in [-0.25, -0.2) is 0 Å². The molecule has 0 saturated carbocycles. The number of nitrogens with one attached hydrogen (secondary N) is 3. The highest BCUT2D eigenvalue weighted by Crippen LogP contribution is 1.89. The van der Waals surface area contributed by atoms with E-state index in [9.17, 15) is 4.79 Å². The van der Waals surface area contributed by atoms with Crippen molar-refractivity contribution in [2.24, 2.45) is 0 Å². The minimum absolute atomic E-state index is 0.0833. The van der Waals surface area contributed by atoms with Crippen LogP contribution in [0.3, 0.4) is 0 Å². The Morgan fingerprint density at radius 2 is 2.31 bits per heavy atom. The first-order valence-corrected chi connectivity index (χ1v) is 5.84. The third-order valence-corrected chi connectivity index (χ3v) is 2.42. The molecule has 0 aliphatic carbocycles. The monoisotopic (exact) mass is 223 g/mol. The van der Waals surface area contributed by atoms with Crippen LogP contribution < -0.4 is 16.1 Å². The van der Waals surface area contributed by atoms with Gasteiger partial charge in [-0.05, 0) is 19.9 Å². The molecule has 1 atom stereocenters. The number of hydrogen-bond acceptors (Lipinski definition) is 3. The fourth-order valence-electron chi connectivity index (χ4n) is 1.44. The van der Waals surface area contributed by atoms with E-state index < -0.39 is 0 Å². The molecule has 0 aliphatic heterocycles. The molecule has 1 aromatic heterocycles. The number of aromatic nitrogens is 1. The molecule has 0 spiro atoms. The van der Waals surface area contributed by atoms with E-state index >= 15 is 0 Å². The van der Waals surface area contributed by atoms with Crippen molar-refractivity contribution in [1.82, 2.24) is 15.6 Å². The maximum absolute atomic E-state index is 11.4. The highest BCUT2D eigenvalue weighted by Gasteiger charge is 2.02. The highest BCUT2D eigenvalue weighted by atomic mass is 16.1. The fraction of sp³-hybridized carbons (Fsp3) is 0.583. The first kappa shape index (κ1) is 12.9. The number of pyridine rings is 1. The van der Waals surface area contributed by atoms with Gasteiger partial charge in [0.2, 0.25) is 0 Å². The summed E-state index contributed by atoms with van der Waals surface area (Å²) in [6.07, 6.45) is 4.55. The normalized spacial score (nSPS) is 12.6. The Hall–Kier alpha value is -1.13. The third kappa shape index (κ3) is 4.59. The van der Waals surface area contributed by atoms with Crippen LogP contribution in [0.5, 0.6) is 0 Å². The van der Waals surface area contributed by atoms with Crippen molar-refractivity contribution in [1.29, 1.82) is 0 Å². The molecule has 0 fully saturated rings. The molecule has 0 bridgehead atoms. The smallest absolute Gasteiger partial charge is 0.186 e. The number of rotatable bonds is 7. The van der Waals surface area contributed by atoms with Crippen LogP contribution in [0.25, 0.3) is 0 Å². The van der Waals surface area contributed by atoms with Crippen LogP contribution >= 0.6 is 0 Å². The molecular weight excluding hydrogens is 202 g/mol. The van der Waals surface area contributed by atoms with Crippen LogP contribution in [0, 0.1) is 0 Å². The van der Waals surface area contributed by atoms with Crippen molar-refractivity contribution >= 4 is 0 Å². The quantitative estimate of drug-likeness (QED) is 0.601. The van der Waals surface area contributed by atoms with Gasteiger partial charge in [-0.3, -0.25) is 4.79 Å². The second-order valence-corrected chi connectivity index (χ2v) is 4.02. The van der Waals surface area contributed by atoms with Gasteiger partial charge < -0.3 is 15.6 Å². The van der Waals surface area contributed by atoms with Crippen molar-refractivity contribution in [3.05, 3.63) is 34.2 Å². The lowest BCUT2D eigenvalue weighted by atomic mass is 10.2. The van der Waals surface area contributed by atoms with Crippen LogP contribution in [0.2, 0.25) is 0 Å². The molecule has 90 valence electrons. The lowest BCUT2D eigenvalue weighted by Crippen LogP contribution is -2.37. The molecule has 0 aromatic carbocycles. The predicted octanol–water partition coefficient (Wildman–Crippen LogP) is 0.853. The fourth-order valence-corrected chi connectivity index (χ4v) is 1.44. The van der Waals surface area contributed by atoms with Gasteiger partial charge in [0.25, 0.3) is 0 Å². The second kappa shape index (κ2) is 7.19. The zero-order valence-electron chi connectivity index (χ0n) is 10.0. The van der Waals surface area contributed by atoms with Gasteiger partial charge in [0.1, 0.15) is 0 Å². The average Bonchev–Trinajstić information content (AvgIpc) is 2.28. The molecule has 1 rings (SSSR count). The lowest BCUT2D eigenvalue weighted by Gasteiger charge is -2.14. The van der Waals surface area contributed by atoms with Gasteiger partial charge in [-0.15, -0.1) is 0 Å². The molecule has 0 radical (unpaired) electrons. The summed E-state index contributed by atoms with van der Waals surface area (Å²) < 4.78 is 0. The second-order valence-electron chi connectivity index (χ2n) is 4.02. The maximum Gasteiger partial charge on any atom is 0.186 e. The van der Waals surface area contributed by atoms with Crippen molar-refractivity contribution in [2.75, 3.05) is 13.1 Å². The summed E-state index contributed by atoms with van der Waals surface area (Å²) in [5, 5.41) is 6.65. The van der Waals surface area contributed by atoms with Crippen molar-refractivity contribution < 1.29 is 0 Å². The Bertz CT molecular complexity index is 348. The summed E-state index contributed by atoms with van der Waals surface area (Å²) in [6.45, 7) is 6.84. The Morgan fingerprint density at radius 3 is 3.00 bits per heavy atom. The van der Waals surface area contributed by atoms with E-state index in [1.165, 1.54) is 0 Å². The molecule has 0 amide bonds. The minimum Gasteiger partial charge on any atom is -0.367 e. The average molecular weight is 223 g/mol. The van der Waals surface area contributed by atoms with Crippen molar-refractivity contribution in [3.8, 4) is 0 Å². The largest absolute Gasteiger partial charge is 0.367 e. The first-order chi connectivity index (χ1) is 7.74. The number of hydrogen-bond donors (Lipinski definition) is 3. The summed E-state index contributed by atoms with van der Waals surface area (Å²) in [5.41, 5.74) is 0.866. The van der Waals surface area contributed by atoms with Crippen molar-refractivity contribution in [2.45, 2.75) is 32.9 Å². The van der Waals surface area contributed by atoms with E-state index in [2.05, 4.69) is 29.5 Å². The van der Waals surface area contributed by atoms with E-state index in [4.69, 9.17) is 0 Å². The zero-order chi connectivity index (χ0) is 11.8. The van der Waals surface area contributed by atoms with Gasteiger partial charge in [-0.1, -0.05) is 6.92 Å². The summed E-state index contributed by atoms with van der Waals surface area (Å²) in [4.78, 5) is 14.3. The Morgan fingerprint density at radius 1 is 1.50 bits per heavy atom. The van der Waals surface area contributed by atoms with E-state index in [0.29, 0.717) is 12.6 Å². The highest BCUT2D eigenvalue weighted by molar-refractivity contribution is 5.08. The minimum atomic E-state index is 0.0833. The van der Waals surface area contributed by atoms with Crippen LogP contribution in [-0.4, -0.2) is 24.1 Å². The van der Waals surface area contributed by atoms with E-state index in [1.54, 1.807) is 18.5 Å². The van der Waals surface area contributed by atoms with E-state index in [-0.39, 0.29) is 5.43 Å². The summed E-state index contributed by atoms with van der Waals surface area (Å²) in [7, 11) is 0. The predicted molar refractivity (Wildman–Crippen MR) is 66.5 cm³/mol. The molecule has 0 saturated heterocycles. The van der Waals surface area contributed by atoms with Crippen LogP contribution in [0.15, 0.2) is 23.3 Å². The maximum atomic E-state index is 11.4. The molecule has 1 unspecified atom stereocenters. The summed E-state index contributed by atoms with van der Waals surface area (Å²) in [6, 6.07) is 1.92. The molecule has 3 N–H and O–H groups in total. The first-order valence-electron chi connectivity index (χ1n) is 5.84. The van der Waals surface area contributed by atoms with Gasteiger partial charge in [-0.2, -0.15) is 0 Å². The standard InChI is InChI=1S/C12H21N3O/c1-3-5-13-7-10(2)15-9-11-8-14-6-4-12(11)16/h4,6,8,10,13,15H,3,5,7,9H2,1-2H3,(H,14,16). The summed E-state index contributed by atoms with van der Waals surface area (Å²) >= 11 is 0. The molecule has 4 nitrogen and oxygen atoms in total. The molecular formula is C12H21N3O. The Kier molecular flexibility index (Phi) is 5.82. The number of H-pyrrole nitrogens is 1. The number of aromatic amines is 1. The summed E-state index contributed by atoms with van der Waals surface area (Å²) in [5.74, 6) is 0.